The Hall–Kier alpha value is -2.24. The van der Waals surface area contributed by atoms with Gasteiger partial charge in [-0.25, -0.2) is 0 Å². The van der Waals surface area contributed by atoms with Crippen molar-refractivity contribution in [2.45, 2.75) is 0 Å². The molecule has 0 aliphatic heterocycles. The highest BCUT2D eigenvalue weighted by atomic mass is 16.3. The first-order valence-corrected chi connectivity index (χ1v) is 3.76. The lowest BCUT2D eigenvalue weighted by molar-refractivity contribution is 1.28. The summed E-state index contributed by atoms with van der Waals surface area (Å²) in [5.74, 6) is 0. The van der Waals surface area contributed by atoms with E-state index < -0.39 is 0 Å². The quantitative estimate of drug-likeness (QED) is 0.677. The van der Waals surface area contributed by atoms with Gasteiger partial charge in [0.15, 0.2) is 0 Å². The van der Waals surface area contributed by atoms with Crippen LogP contribution < -0.4 is 0 Å². The van der Waals surface area contributed by atoms with Crippen LogP contribution in [0.25, 0.3) is 11.0 Å². The largest absolute Gasteiger partial charge is 0.253 e. The van der Waals surface area contributed by atoms with Gasteiger partial charge in [-0.1, -0.05) is 0 Å². The van der Waals surface area contributed by atoms with E-state index in [-0.39, 0.29) is 11.4 Å². The minimum Gasteiger partial charge on any atom is -0.253 e. The van der Waals surface area contributed by atoms with Gasteiger partial charge in [0.05, 0.1) is 11.0 Å². The molecule has 0 N–H and O–H groups in total. The first-order chi connectivity index (χ1) is 6.85. The van der Waals surface area contributed by atoms with Crippen LogP contribution in [0, 0.1) is 9.81 Å². The molecule has 1 aromatic heterocycles. The minimum absolute atomic E-state index is 0.0204. The van der Waals surface area contributed by atoms with Crippen LogP contribution in [0.15, 0.2) is 34.9 Å². The Bertz CT molecular complexity index is 465. The van der Waals surface area contributed by atoms with Gasteiger partial charge in [0.25, 0.3) is 0 Å². The molecule has 1 aromatic carbocycles. The maximum Gasteiger partial charge on any atom is 0.139 e. The Morgan fingerprint density at radius 1 is 0.857 bits per heavy atom. The van der Waals surface area contributed by atoms with E-state index in [1.807, 2.05) is 0 Å². The second-order valence-corrected chi connectivity index (χ2v) is 2.57. The monoisotopic (exact) mass is 188 g/mol. The summed E-state index contributed by atoms with van der Waals surface area (Å²) < 4.78 is 0. The molecule has 0 spiro atoms. The zero-order valence-corrected chi connectivity index (χ0v) is 6.91. The molecule has 0 saturated carbocycles. The van der Waals surface area contributed by atoms with Gasteiger partial charge in [-0.05, 0) is 22.5 Å². The van der Waals surface area contributed by atoms with E-state index >= 15 is 0 Å². The Kier molecular flexibility index (Phi) is 1.94. The number of hydrogen-bond acceptors (Lipinski definition) is 6. The SMILES string of the molecule is O=Nc1cc2nccnc2cc1N=O. The Morgan fingerprint density at radius 3 is 1.64 bits per heavy atom. The van der Waals surface area contributed by atoms with Crippen LogP contribution in [0.2, 0.25) is 0 Å². The predicted octanol–water partition coefficient (Wildman–Crippen LogP) is 2.43. The van der Waals surface area contributed by atoms with Crippen molar-refractivity contribution in [1.82, 2.24) is 9.97 Å². The number of fused-ring (bicyclic) bond motifs is 1. The third-order valence-corrected chi connectivity index (χ3v) is 1.76. The highest BCUT2D eigenvalue weighted by Crippen LogP contribution is 2.30. The van der Waals surface area contributed by atoms with E-state index in [0.717, 1.165) is 0 Å². The zero-order chi connectivity index (χ0) is 9.97. The van der Waals surface area contributed by atoms with Crippen molar-refractivity contribution in [2.75, 3.05) is 0 Å². The summed E-state index contributed by atoms with van der Waals surface area (Å²) in [6, 6.07) is 2.76. The molecule has 14 heavy (non-hydrogen) atoms. The first kappa shape index (κ1) is 8.36. The molecule has 6 heteroatoms. The van der Waals surface area contributed by atoms with E-state index in [9.17, 15) is 9.81 Å². The van der Waals surface area contributed by atoms with Crippen molar-refractivity contribution in [3.8, 4) is 0 Å². The van der Waals surface area contributed by atoms with Gasteiger partial charge in [-0.3, -0.25) is 9.97 Å². The Balaban J connectivity index is 2.81. The first-order valence-electron chi connectivity index (χ1n) is 3.76. The number of hydrogen-bond donors (Lipinski definition) is 0. The lowest BCUT2D eigenvalue weighted by Gasteiger charge is -1.97. The lowest BCUT2D eigenvalue weighted by Crippen LogP contribution is -1.81. The molecule has 0 aliphatic carbocycles. The van der Waals surface area contributed by atoms with Gasteiger partial charge >= 0.3 is 0 Å². The lowest BCUT2D eigenvalue weighted by atomic mass is 10.2. The average Bonchev–Trinajstić information content (AvgIpc) is 2.27. The van der Waals surface area contributed by atoms with E-state index in [0.29, 0.717) is 11.0 Å². The molecular formula is C8H4N4O2. The molecule has 6 nitrogen and oxygen atoms in total. The van der Waals surface area contributed by atoms with Crippen molar-refractivity contribution in [3.63, 3.8) is 0 Å². The highest BCUT2D eigenvalue weighted by molar-refractivity contribution is 5.84. The van der Waals surface area contributed by atoms with Crippen LogP contribution in [0.5, 0.6) is 0 Å². The van der Waals surface area contributed by atoms with Crippen molar-refractivity contribution >= 4 is 22.4 Å². The fourth-order valence-electron chi connectivity index (χ4n) is 1.14. The Morgan fingerprint density at radius 2 is 1.29 bits per heavy atom. The van der Waals surface area contributed by atoms with Gasteiger partial charge in [-0.15, -0.1) is 9.81 Å². The fourth-order valence-corrected chi connectivity index (χ4v) is 1.14. The second-order valence-electron chi connectivity index (χ2n) is 2.57. The second kappa shape index (κ2) is 3.25. The molecular weight excluding hydrogens is 184 g/mol. The maximum atomic E-state index is 10.3. The molecule has 0 amide bonds. The van der Waals surface area contributed by atoms with Crippen molar-refractivity contribution in [2.24, 2.45) is 10.4 Å². The van der Waals surface area contributed by atoms with Crippen LogP contribution in [0.4, 0.5) is 11.4 Å². The zero-order valence-electron chi connectivity index (χ0n) is 6.91. The van der Waals surface area contributed by atoms with Crippen LogP contribution in [0.1, 0.15) is 0 Å². The van der Waals surface area contributed by atoms with E-state index in [2.05, 4.69) is 20.3 Å². The summed E-state index contributed by atoms with van der Waals surface area (Å²) >= 11 is 0. The van der Waals surface area contributed by atoms with Crippen LogP contribution in [0.3, 0.4) is 0 Å². The summed E-state index contributed by atoms with van der Waals surface area (Å²) in [5.41, 5.74) is 0.977. The third kappa shape index (κ3) is 1.22. The van der Waals surface area contributed by atoms with E-state index in [1.54, 1.807) is 0 Å². The fraction of sp³-hybridized carbons (Fsp3) is 0. The highest BCUT2D eigenvalue weighted by Gasteiger charge is 2.06. The van der Waals surface area contributed by atoms with Crippen LogP contribution >= 0.6 is 0 Å². The number of rotatable bonds is 2. The van der Waals surface area contributed by atoms with Gasteiger partial charge in [0.1, 0.15) is 11.4 Å². The molecule has 0 aliphatic rings. The summed E-state index contributed by atoms with van der Waals surface area (Å²) in [5, 5.41) is 5.36. The van der Waals surface area contributed by atoms with Gasteiger partial charge < -0.3 is 0 Å². The van der Waals surface area contributed by atoms with Gasteiger partial charge in [-0.2, -0.15) is 0 Å². The molecule has 0 atom stereocenters. The maximum absolute atomic E-state index is 10.3. The topological polar surface area (TPSA) is 84.6 Å². The molecule has 0 bridgehead atoms. The molecule has 2 aromatic rings. The van der Waals surface area contributed by atoms with Crippen molar-refractivity contribution in [1.29, 1.82) is 0 Å². The normalized spacial score (nSPS) is 10.0. The molecule has 0 fully saturated rings. The molecule has 0 saturated heterocycles. The summed E-state index contributed by atoms with van der Waals surface area (Å²) in [7, 11) is 0. The standard InChI is InChI=1S/C8H4N4O2/c13-11-7-3-5-6(4-8(7)12-14)10-2-1-9-5/h1-4H. The molecule has 0 unspecified atom stereocenters. The summed E-state index contributed by atoms with van der Waals surface area (Å²) in [4.78, 5) is 28.6. The van der Waals surface area contributed by atoms with Crippen molar-refractivity contribution in [3.05, 3.63) is 34.3 Å². The summed E-state index contributed by atoms with van der Waals surface area (Å²) in [6.45, 7) is 0. The number of aromatic nitrogens is 2. The van der Waals surface area contributed by atoms with Crippen LogP contribution in [-0.4, -0.2) is 9.97 Å². The molecule has 2 rings (SSSR count). The van der Waals surface area contributed by atoms with E-state index in [4.69, 9.17) is 0 Å². The molecule has 68 valence electrons. The van der Waals surface area contributed by atoms with Crippen molar-refractivity contribution < 1.29 is 0 Å². The van der Waals surface area contributed by atoms with Gasteiger partial charge in [0, 0.05) is 12.4 Å². The number of nitrogens with zero attached hydrogens (tertiary/aromatic N) is 4. The number of nitroso groups, excluding NO2 is 2. The molecule has 1 heterocycles. The smallest absolute Gasteiger partial charge is 0.139 e. The Labute approximate surface area is 77.9 Å². The third-order valence-electron chi connectivity index (χ3n) is 1.76. The molecule has 0 radical (unpaired) electrons. The van der Waals surface area contributed by atoms with E-state index in [1.165, 1.54) is 24.5 Å². The average molecular weight is 188 g/mol. The predicted molar refractivity (Wildman–Crippen MR) is 50.4 cm³/mol. The summed E-state index contributed by atoms with van der Waals surface area (Å²) in [6.07, 6.45) is 2.98. The minimum atomic E-state index is -0.0204. The van der Waals surface area contributed by atoms with Crippen LogP contribution in [-0.2, 0) is 0 Å². The van der Waals surface area contributed by atoms with Gasteiger partial charge in [0.2, 0.25) is 0 Å². The number of benzene rings is 1.